The average molecular weight is 239 g/mol. The van der Waals surface area contributed by atoms with Gasteiger partial charge in [-0.2, -0.15) is 0 Å². The molecule has 0 saturated carbocycles. The van der Waals surface area contributed by atoms with E-state index in [9.17, 15) is 5.11 Å². The molecule has 0 fully saturated rings. The zero-order valence-corrected chi connectivity index (χ0v) is 11.1. The summed E-state index contributed by atoms with van der Waals surface area (Å²) in [7, 11) is 5.02. The maximum absolute atomic E-state index is 10.1. The van der Waals surface area contributed by atoms with E-state index in [4.69, 9.17) is 9.47 Å². The highest BCUT2D eigenvalue weighted by atomic mass is 16.5. The third kappa shape index (κ3) is 3.11. The summed E-state index contributed by atoms with van der Waals surface area (Å²) in [6.07, 6.45) is 0. The van der Waals surface area contributed by atoms with Gasteiger partial charge in [-0.25, -0.2) is 0 Å². The molecule has 0 saturated heterocycles. The quantitative estimate of drug-likeness (QED) is 0.821. The zero-order valence-electron chi connectivity index (χ0n) is 11.1. The predicted octanol–water partition coefficient (Wildman–Crippen LogP) is 1.74. The maximum Gasteiger partial charge on any atom is 0.161 e. The SMILES string of the molecule is CNC(c1ccc(OC)c(OC)c1)C(C)(C)O. The molecule has 1 unspecified atom stereocenters. The number of nitrogens with one attached hydrogen (secondary N) is 1. The van der Waals surface area contributed by atoms with E-state index >= 15 is 0 Å². The summed E-state index contributed by atoms with van der Waals surface area (Å²) in [6, 6.07) is 5.46. The highest BCUT2D eigenvalue weighted by Crippen LogP contribution is 2.33. The van der Waals surface area contributed by atoms with Crippen molar-refractivity contribution in [3.8, 4) is 11.5 Å². The van der Waals surface area contributed by atoms with Crippen molar-refractivity contribution in [3.63, 3.8) is 0 Å². The molecule has 0 aromatic heterocycles. The number of rotatable bonds is 5. The van der Waals surface area contributed by atoms with Crippen molar-refractivity contribution in [1.82, 2.24) is 5.32 Å². The Kier molecular flexibility index (Phi) is 4.37. The summed E-state index contributed by atoms with van der Waals surface area (Å²) in [4.78, 5) is 0. The minimum Gasteiger partial charge on any atom is -0.493 e. The van der Waals surface area contributed by atoms with Gasteiger partial charge in [0.15, 0.2) is 11.5 Å². The number of aliphatic hydroxyl groups is 1. The molecule has 0 radical (unpaired) electrons. The standard InChI is InChI=1S/C13H21NO3/c1-13(2,15)12(14-3)9-6-7-10(16-4)11(8-9)17-5/h6-8,12,14-15H,1-5H3. The lowest BCUT2D eigenvalue weighted by atomic mass is 9.92. The van der Waals surface area contributed by atoms with E-state index in [0.29, 0.717) is 11.5 Å². The van der Waals surface area contributed by atoms with Crippen LogP contribution in [0.25, 0.3) is 0 Å². The normalized spacial score (nSPS) is 13.3. The smallest absolute Gasteiger partial charge is 0.161 e. The van der Waals surface area contributed by atoms with Gasteiger partial charge in [-0.15, -0.1) is 0 Å². The van der Waals surface area contributed by atoms with Gasteiger partial charge in [-0.1, -0.05) is 6.07 Å². The Labute approximate surface area is 103 Å². The summed E-state index contributed by atoms with van der Waals surface area (Å²) in [5, 5.41) is 13.2. The fraction of sp³-hybridized carbons (Fsp3) is 0.538. The molecule has 0 aliphatic heterocycles. The first-order chi connectivity index (χ1) is 7.93. The summed E-state index contributed by atoms with van der Waals surface area (Å²) in [6.45, 7) is 3.54. The number of hydrogen-bond acceptors (Lipinski definition) is 4. The van der Waals surface area contributed by atoms with Gasteiger partial charge in [0.25, 0.3) is 0 Å². The Balaban J connectivity index is 3.14. The van der Waals surface area contributed by atoms with E-state index in [-0.39, 0.29) is 6.04 Å². The van der Waals surface area contributed by atoms with Crippen LogP contribution in [0.5, 0.6) is 11.5 Å². The van der Waals surface area contributed by atoms with Gasteiger partial charge < -0.3 is 19.9 Å². The van der Waals surface area contributed by atoms with Gasteiger partial charge in [-0.05, 0) is 38.6 Å². The molecule has 0 aliphatic rings. The van der Waals surface area contributed by atoms with Crippen LogP contribution in [-0.4, -0.2) is 32.0 Å². The summed E-state index contributed by atoms with van der Waals surface area (Å²) in [5.74, 6) is 1.34. The molecule has 96 valence electrons. The highest BCUT2D eigenvalue weighted by Gasteiger charge is 2.27. The average Bonchev–Trinajstić information content (AvgIpc) is 2.27. The Hall–Kier alpha value is -1.26. The van der Waals surface area contributed by atoms with Crippen molar-refractivity contribution in [2.24, 2.45) is 0 Å². The van der Waals surface area contributed by atoms with Crippen LogP contribution in [0.4, 0.5) is 0 Å². The van der Waals surface area contributed by atoms with Crippen LogP contribution in [0.3, 0.4) is 0 Å². The van der Waals surface area contributed by atoms with Gasteiger partial charge in [0.1, 0.15) is 0 Å². The highest BCUT2D eigenvalue weighted by molar-refractivity contribution is 5.44. The molecule has 0 heterocycles. The second-order valence-electron chi connectivity index (χ2n) is 4.49. The van der Waals surface area contributed by atoms with Gasteiger partial charge in [-0.3, -0.25) is 0 Å². The van der Waals surface area contributed by atoms with E-state index < -0.39 is 5.60 Å². The molecule has 4 nitrogen and oxygen atoms in total. The number of hydrogen-bond donors (Lipinski definition) is 2. The van der Waals surface area contributed by atoms with Gasteiger partial charge in [0.05, 0.1) is 25.9 Å². The first-order valence-corrected chi connectivity index (χ1v) is 5.55. The van der Waals surface area contributed by atoms with Crippen LogP contribution in [0, 0.1) is 0 Å². The lowest BCUT2D eigenvalue weighted by Gasteiger charge is -2.29. The molecule has 0 amide bonds. The lowest BCUT2D eigenvalue weighted by Crippen LogP contribution is -2.37. The van der Waals surface area contributed by atoms with Crippen LogP contribution in [0.2, 0.25) is 0 Å². The van der Waals surface area contributed by atoms with E-state index in [1.807, 2.05) is 25.2 Å². The zero-order chi connectivity index (χ0) is 13.1. The monoisotopic (exact) mass is 239 g/mol. The van der Waals surface area contributed by atoms with Crippen LogP contribution < -0.4 is 14.8 Å². The van der Waals surface area contributed by atoms with E-state index in [1.165, 1.54) is 0 Å². The van der Waals surface area contributed by atoms with Gasteiger partial charge in [0, 0.05) is 0 Å². The van der Waals surface area contributed by atoms with Crippen LogP contribution in [-0.2, 0) is 0 Å². The molecule has 17 heavy (non-hydrogen) atoms. The molecule has 1 rings (SSSR count). The molecule has 1 aromatic carbocycles. The van der Waals surface area contributed by atoms with E-state index in [1.54, 1.807) is 28.1 Å². The molecule has 0 bridgehead atoms. The largest absolute Gasteiger partial charge is 0.493 e. The molecular formula is C13H21NO3. The molecular weight excluding hydrogens is 218 g/mol. The lowest BCUT2D eigenvalue weighted by molar-refractivity contribution is 0.0399. The minimum atomic E-state index is -0.853. The number of ether oxygens (including phenoxy) is 2. The Morgan fingerprint density at radius 2 is 1.76 bits per heavy atom. The Morgan fingerprint density at radius 1 is 1.18 bits per heavy atom. The van der Waals surface area contributed by atoms with Crippen molar-refractivity contribution < 1.29 is 14.6 Å². The summed E-state index contributed by atoms with van der Waals surface area (Å²) < 4.78 is 10.4. The molecule has 1 atom stereocenters. The predicted molar refractivity (Wildman–Crippen MR) is 67.6 cm³/mol. The molecule has 2 N–H and O–H groups in total. The third-order valence-corrected chi connectivity index (χ3v) is 2.74. The van der Waals surface area contributed by atoms with Crippen LogP contribution in [0.15, 0.2) is 18.2 Å². The minimum absolute atomic E-state index is 0.165. The Morgan fingerprint density at radius 3 is 2.18 bits per heavy atom. The first kappa shape index (κ1) is 13.8. The third-order valence-electron chi connectivity index (χ3n) is 2.74. The van der Waals surface area contributed by atoms with Crippen molar-refractivity contribution >= 4 is 0 Å². The Bertz CT molecular complexity index is 371. The van der Waals surface area contributed by atoms with E-state index in [2.05, 4.69) is 5.32 Å². The fourth-order valence-electron chi connectivity index (χ4n) is 1.96. The summed E-state index contributed by atoms with van der Waals surface area (Å²) >= 11 is 0. The van der Waals surface area contributed by atoms with Gasteiger partial charge >= 0.3 is 0 Å². The van der Waals surface area contributed by atoms with Crippen molar-refractivity contribution in [2.45, 2.75) is 25.5 Å². The van der Waals surface area contributed by atoms with Gasteiger partial charge in [0.2, 0.25) is 0 Å². The topological polar surface area (TPSA) is 50.7 Å². The number of benzene rings is 1. The van der Waals surface area contributed by atoms with Crippen molar-refractivity contribution in [3.05, 3.63) is 23.8 Å². The first-order valence-electron chi connectivity index (χ1n) is 5.55. The van der Waals surface area contributed by atoms with Crippen LogP contribution in [0.1, 0.15) is 25.5 Å². The molecule has 0 spiro atoms. The molecule has 1 aromatic rings. The second kappa shape index (κ2) is 5.38. The molecule has 0 aliphatic carbocycles. The summed E-state index contributed by atoms with van der Waals surface area (Å²) in [5.41, 5.74) is 0.103. The molecule has 4 heteroatoms. The second-order valence-corrected chi connectivity index (χ2v) is 4.49. The number of methoxy groups -OCH3 is 2. The van der Waals surface area contributed by atoms with Crippen molar-refractivity contribution in [1.29, 1.82) is 0 Å². The van der Waals surface area contributed by atoms with Crippen LogP contribution >= 0.6 is 0 Å². The van der Waals surface area contributed by atoms with Crippen molar-refractivity contribution in [2.75, 3.05) is 21.3 Å². The maximum atomic E-state index is 10.1. The fourth-order valence-corrected chi connectivity index (χ4v) is 1.96. The number of likely N-dealkylation sites (N-methyl/N-ethyl adjacent to an activating group) is 1. The van der Waals surface area contributed by atoms with E-state index in [0.717, 1.165) is 5.56 Å².